The first-order valence-corrected chi connectivity index (χ1v) is 7.36. The smallest absolute Gasteiger partial charge is 0.0596 e. The zero-order chi connectivity index (χ0) is 11.5. The summed E-state index contributed by atoms with van der Waals surface area (Å²) in [6.07, 6.45) is 10.6. The quantitative estimate of drug-likeness (QED) is 0.768. The average molecular weight is 224 g/mol. The summed E-state index contributed by atoms with van der Waals surface area (Å²) in [6.45, 7) is 4.69. The summed E-state index contributed by atoms with van der Waals surface area (Å²) in [5, 5.41) is 10.4. The summed E-state index contributed by atoms with van der Waals surface area (Å²) < 4.78 is 0. The molecule has 2 rings (SSSR count). The molecule has 94 valence electrons. The Morgan fingerprint density at radius 1 is 0.750 bits per heavy atom. The van der Waals surface area contributed by atoms with Gasteiger partial charge in [-0.05, 0) is 62.2 Å². The van der Waals surface area contributed by atoms with Crippen LogP contribution in [-0.4, -0.2) is 11.2 Å². The lowest BCUT2D eigenvalue weighted by atomic mass is 9.73. The lowest BCUT2D eigenvalue weighted by Crippen LogP contribution is -2.31. The van der Waals surface area contributed by atoms with Crippen LogP contribution >= 0.6 is 0 Å². The van der Waals surface area contributed by atoms with Crippen molar-refractivity contribution < 1.29 is 5.11 Å². The third-order valence-electron chi connectivity index (χ3n) is 5.13. The molecule has 1 N–H and O–H groups in total. The van der Waals surface area contributed by atoms with Gasteiger partial charge in [0.15, 0.2) is 0 Å². The first kappa shape index (κ1) is 12.4. The van der Waals surface area contributed by atoms with E-state index in [4.69, 9.17) is 0 Å². The van der Waals surface area contributed by atoms with Gasteiger partial charge < -0.3 is 5.11 Å². The predicted molar refractivity (Wildman–Crippen MR) is 68.3 cm³/mol. The molecule has 1 nitrogen and oxygen atoms in total. The monoisotopic (exact) mass is 224 g/mol. The lowest BCUT2D eigenvalue weighted by Gasteiger charge is -2.35. The van der Waals surface area contributed by atoms with E-state index in [1.807, 2.05) is 0 Å². The van der Waals surface area contributed by atoms with Crippen LogP contribution in [0.3, 0.4) is 0 Å². The summed E-state index contributed by atoms with van der Waals surface area (Å²) in [4.78, 5) is 0. The van der Waals surface area contributed by atoms with Crippen molar-refractivity contribution in [3.8, 4) is 0 Å². The van der Waals surface area contributed by atoms with E-state index in [-0.39, 0.29) is 6.10 Å². The van der Waals surface area contributed by atoms with Gasteiger partial charge in [0.05, 0.1) is 6.10 Å². The normalized spacial score (nSPS) is 34.5. The van der Waals surface area contributed by atoms with E-state index in [1.165, 1.54) is 51.4 Å². The molecule has 2 aliphatic carbocycles. The fourth-order valence-electron chi connectivity index (χ4n) is 3.84. The fraction of sp³-hybridized carbons (Fsp3) is 1.00. The van der Waals surface area contributed by atoms with Crippen LogP contribution in [0.5, 0.6) is 0 Å². The summed E-state index contributed by atoms with van der Waals surface area (Å²) in [5.74, 6) is 3.02. The molecule has 0 radical (unpaired) electrons. The van der Waals surface area contributed by atoms with Crippen LogP contribution in [-0.2, 0) is 0 Å². The second kappa shape index (κ2) is 5.53. The van der Waals surface area contributed by atoms with Crippen LogP contribution in [0.25, 0.3) is 0 Å². The van der Waals surface area contributed by atoms with E-state index in [2.05, 4.69) is 13.8 Å². The fourth-order valence-corrected chi connectivity index (χ4v) is 3.84. The van der Waals surface area contributed by atoms with Gasteiger partial charge in [0.1, 0.15) is 0 Å². The molecule has 2 saturated carbocycles. The Morgan fingerprint density at radius 2 is 1.19 bits per heavy atom. The Kier molecular flexibility index (Phi) is 4.29. The van der Waals surface area contributed by atoms with Crippen LogP contribution in [0.15, 0.2) is 0 Å². The standard InChI is InChI=1S/C15H28O/c1-11(2)12-7-9-14(10-8-12)15(16)13-5-3-4-6-13/h11-16H,3-10H2,1-2H3. The van der Waals surface area contributed by atoms with Gasteiger partial charge in [-0.25, -0.2) is 0 Å². The Balaban J connectivity index is 1.79. The van der Waals surface area contributed by atoms with Crippen molar-refractivity contribution in [1.29, 1.82) is 0 Å². The SMILES string of the molecule is CC(C)C1CCC(C(O)C2CCCC2)CC1. The van der Waals surface area contributed by atoms with E-state index in [0.29, 0.717) is 11.8 Å². The molecule has 0 spiro atoms. The molecule has 1 heteroatoms. The third kappa shape index (κ3) is 2.80. The van der Waals surface area contributed by atoms with Gasteiger partial charge in [0.25, 0.3) is 0 Å². The van der Waals surface area contributed by atoms with Crippen LogP contribution in [0.2, 0.25) is 0 Å². The van der Waals surface area contributed by atoms with Crippen molar-refractivity contribution in [2.24, 2.45) is 23.7 Å². The van der Waals surface area contributed by atoms with Gasteiger partial charge in [-0.1, -0.05) is 26.7 Å². The largest absolute Gasteiger partial charge is 0.393 e. The molecule has 0 saturated heterocycles. The molecule has 16 heavy (non-hydrogen) atoms. The zero-order valence-corrected chi connectivity index (χ0v) is 11.0. The molecule has 1 unspecified atom stereocenters. The van der Waals surface area contributed by atoms with Gasteiger partial charge in [-0.3, -0.25) is 0 Å². The molecule has 0 aromatic rings. The van der Waals surface area contributed by atoms with Crippen LogP contribution in [0.1, 0.15) is 65.2 Å². The maximum Gasteiger partial charge on any atom is 0.0596 e. The van der Waals surface area contributed by atoms with Crippen LogP contribution in [0, 0.1) is 23.7 Å². The minimum absolute atomic E-state index is 0.0237. The van der Waals surface area contributed by atoms with Gasteiger partial charge in [0.2, 0.25) is 0 Å². The highest BCUT2D eigenvalue weighted by molar-refractivity contribution is 4.84. The summed E-state index contributed by atoms with van der Waals surface area (Å²) in [6, 6.07) is 0. The first-order chi connectivity index (χ1) is 7.68. The predicted octanol–water partition coefficient (Wildman–Crippen LogP) is 4.00. The van der Waals surface area contributed by atoms with Crippen molar-refractivity contribution >= 4 is 0 Å². The molecule has 2 aliphatic rings. The molecule has 2 fully saturated rings. The highest BCUT2D eigenvalue weighted by Gasteiger charge is 2.33. The van der Waals surface area contributed by atoms with Crippen molar-refractivity contribution in [2.75, 3.05) is 0 Å². The second-order valence-electron chi connectivity index (χ2n) is 6.45. The Bertz CT molecular complexity index is 197. The van der Waals surface area contributed by atoms with E-state index >= 15 is 0 Å². The Hall–Kier alpha value is -0.0400. The maximum atomic E-state index is 10.4. The number of hydrogen-bond donors (Lipinski definition) is 1. The third-order valence-corrected chi connectivity index (χ3v) is 5.13. The molecule has 1 atom stereocenters. The van der Waals surface area contributed by atoms with E-state index in [9.17, 15) is 5.11 Å². The van der Waals surface area contributed by atoms with Gasteiger partial charge in [-0.15, -0.1) is 0 Å². The molecule has 0 heterocycles. The number of aliphatic hydroxyl groups excluding tert-OH is 1. The van der Waals surface area contributed by atoms with Crippen molar-refractivity contribution in [3.63, 3.8) is 0 Å². The molecule has 0 aromatic carbocycles. The molecule has 0 aliphatic heterocycles. The van der Waals surface area contributed by atoms with E-state index in [1.54, 1.807) is 0 Å². The highest BCUT2D eigenvalue weighted by atomic mass is 16.3. The first-order valence-electron chi connectivity index (χ1n) is 7.36. The van der Waals surface area contributed by atoms with Crippen molar-refractivity contribution in [1.82, 2.24) is 0 Å². The number of rotatable bonds is 3. The molecular formula is C15H28O. The number of hydrogen-bond acceptors (Lipinski definition) is 1. The van der Waals surface area contributed by atoms with E-state index < -0.39 is 0 Å². The maximum absolute atomic E-state index is 10.4. The Morgan fingerprint density at radius 3 is 1.69 bits per heavy atom. The molecule has 0 amide bonds. The topological polar surface area (TPSA) is 20.2 Å². The summed E-state index contributed by atoms with van der Waals surface area (Å²) in [5.41, 5.74) is 0. The van der Waals surface area contributed by atoms with Crippen molar-refractivity contribution in [2.45, 2.75) is 71.3 Å². The molecule has 0 aromatic heterocycles. The number of aliphatic hydroxyl groups is 1. The Labute approximate surface area is 101 Å². The molecule has 0 bridgehead atoms. The molecular weight excluding hydrogens is 196 g/mol. The average Bonchev–Trinajstić information content (AvgIpc) is 2.81. The zero-order valence-electron chi connectivity index (χ0n) is 11.0. The van der Waals surface area contributed by atoms with Crippen molar-refractivity contribution in [3.05, 3.63) is 0 Å². The van der Waals surface area contributed by atoms with Gasteiger partial charge in [0, 0.05) is 0 Å². The second-order valence-corrected chi connectivity index (χ2v) is 6.45. The summed E-state index contributed by atoms with van der Waals surface area (Å²) in [7, 11) is 0. The van der Waals surface area contributed by atoms with E-state index in [0.717, 1.165) is 11.8 Å². The highest BCUT2D eigenvalue weighted by Crippen LogP contribution is 2.39. The minimum atomic E-state index is 0.0237. The van der Waals surface area contributed by atoms with Crippen LogP contribution in [0.4, 0.5) is 0 Å². The summed E-state index contributed by atoms with van der Waals surface area (Å²) >= 11 is 0. The lowest BCUT2D eigenvalue weighted by molar-refractivity contribution is 0.0241. The van der Waals surface area contributed by atoms with Gasteiger partial charge >= 0.3 is 0 Å². The van der Waals surface area contributed by atoms with Gasteiger partial charge in [-0.2, -0.15) is 0 Å². The minimum Gasteiger partial charge on any atom is -0.393 e. The van der Waals surface area contributed by atoms with Crippen LogP contribution < -0.4 is 0 Å².